The molecule has 1 aliphatic rings. The maximum atomic E-state index is 5.41. The fourth-order valence-electron chi connectivity index (χ4n) is 2.38. The van der Waals surface area contributed by atoms with Crippen molar-refractivity contribution in [2.24, 2.45) is 5.84 Å². The third-order valence-electron chi connectivity index (χ3n) is 3.43. The Morgan fingerprint density at radius 1 is 1.29 bits per heavy atom. The van der Waals surface area contributed by atoms with Crippen molar-refractivity contribution in [3.8, 4) is 5.95 Å². The van der Waals surface area contributed by atoms with Crippen LogP contribution in [0.5, 0.6) is 0 Å². The fraction of sp³-hybridized carbons (Fsp3) is 0.545. The van der Waals surface area contributed by atoms with E-state index in [1.807, 2.05) is 11.8 Å². The maximum absolute atomic E-state index is 5.41. The first-order valence-corrected chi connectivity index (χ1v) is 7.94. The zero-order valence-corrected chi connectivity index (χ0v) is 12.4. The zero-order valence-electron chi connectivity index (χ0n) is 11.6. The van der Waals surface area contributed by atoms with E-state index >= 15 is 0 Å². The van der Waals surface area contributed by atoms with Gasteiger partial charge in [0.05, 0.1) is 0 Å². The van der Waals surface area contributed by atoms with Crippen molar-refractivity contribution in [2.45, 2.75) is 30.6 Å². The summed E-state index contributed by atoms with van der Waals surface area (Å²) in [7, 11) is 0. The third kappa shape index (κ3) is 3.22. The Balaban J connectivity index is 1.80. The van der Waals surface area contributed by atoms with Crippen LogP contribution in [-0.4, -0.2) is 47.3 Å². The lowest BCUT2D eigenvalue weighted by Crippen LogP contribution is -2.21. The number of hydrazine groups is 1. The molecular formula is C11H17N9S. The van der Waals surface area contributed by atoms with Crippen molar-refractivity contribution in [2.75, 3.05) is 17.0 Å². The molecule has 21 heavy (non-hydrogen) atoms. The molecule has 2 atom stereocenters. The molecule has 0 saturated heterocycles. The summed E-state index contributed by atoms with van der Waals surface area (Å²) in [6.45, 7) is 0. The van der Waals surface area contributed by atoms with Gasteiger partial charge in [-0.1, -0.05) is 0 Å². The zero-order chi connectivity index (χ0) is 14.7. The number of nitrogens with one attached hydrogen (secondary N) is 2. The smallest absolute Gasteiger partial charge is 0.258 e. The summed E-state index contributed by atoms with van der Waals surface area (Å²) in [6.07, 6.45) is 8.53. The Labute approximate surface area is 126 Å². The van der Waals surface area contributed by atoms with E-state index in [2.05, 4.69) is 42.0 Å². The van der Waals surface area contributed by atoms with Gasteiger partial charge < -0.3 is 5.32 Å². The van der Waals surface area contributed by atoms with Crippen LogP contribution in [0.3, 0.4) is 0 Å². The number of hydrogen-bond acceptors (Lipinski definition) is 9. The summed E-state index contributed by atoms with van der Waals surface area (Å²) in [4.78, 5) is 16.6. The summed E-state index contributed by atoms with van der Waals surface area (Å²) >= 11 is 1.91. The van der Waals surface area contributed by atoms with E-state index in [1.165, 1.54) is 23.8 Å². The lowest BCUT2D eigenvalue weighted by atomic mass is 10.2. The molecule has 0 aliphatic heterocycles. The SMILES string of the molecule is CSC1CCC(Nc2nc(NN)nc(-n3cncn3)n2)C1. The Bertz CT molecular complexity index is 587. The Hall–Kier alpha value is -1.94. The molecule has 1 aliphatic carbocycles. The molecule has 9 nitrogen and oxygen atoms in total. The van der Waals surface area contributed by atoms with Crippen LogP contribution in [0.2, 0.25) is 0 Å². The first-order valence-electron chi connectivity index (χ1n) is 6.65. The van der Waals surface area contributed by atoms with E-state index in [-0.39, 0.29) is 5.95 Å². The van der Waals surface area contributed by atoms with E-state index in [4.69, 9.17) is 5.84 Å². The van der Waals surface area contributed by atoms with E-state index in [0.717, 1.165) is 12.8 Å². The van der Waals surface area contributed by atoms with Crippen molar-refractivity contribution in [1.29, 1.82) is 0 Å². The highest BCUT2D eigenvalue weighted by atomic mass is 32.2. The number of hydrogen-bond donors (Lipinski definition) is 3. The number of thioether (sulfide) groups is 1. The van der Waals surface area contributed by atoms with Gasteiger partial charge in [0, 0.05) is 11.3 Å². The first kappa shape index (κ1) is 14.0. The predicted molar refractivity (Wildman–Crippen MR) is 81.1 cm³/mol. The van der Waals surface area contributed by atoms with Gasteiger partial charge in [-0.25, -0.2) is 10.8 Å². The Morgan fingerprint density at radius 3 is 2.81 bits per heavy atom. The average Bonchev–Trinajstić information content (AvgIpc) is 3.18. The van der Waals surface area contributed by atoms with Crippen LogP contribution < -0.4 is 16.6 Å². The molecule has 0 radical (unpaired) electrons. The molecule has 1 saturated carbocycles. The van der Waals surface area contributed by atoms with Crippen LogP contribution in [0.1, 0.15) is 19.3 Å². The van der Waals surface area contributed by atoms with Crippen molar-refractivity contribution < 1.29 is 0 Å². The van der Waals surface area contributed by atoms with Crippen molar-refractivity contribution in [1.82, 2.24) is 29.7 Å². The number of anilines is 2. The van der Waals surface area contributed by atoms with Crippen molar-refractivity contribution in [3.63, 3.8) is 0 Å². The summed E-state index contributed by atoms with van der Waals surface area (Å²) in [5, 5.41) is 8.06. The molecule has 0 amide bonds. The molecule has 2 heterocycles. The lowest BCUT2D eigenvalue weighted by molar-refractivity contribution is 0.734. The monoisotopic (exact) mass is 307 g/mol. The van der Waals surface area contributed by atoms with Gasteiger partial charge in [0.15, 0.2) is 0 Å². The highest BCUT2D eigenvalue weighted by molar-refractivity contribution is 7.99. The molecule has 2 unspecified atom stereocenters. The van der Waals surface area contributed by atoms with Gasteiger partial charge in [-0.2, -0.15) is 36.5 Å². The molecular weight excluding hydrogens is 290 g/mol. The standard InChI is InChI=1S/C11H17N9S/c1-21-8-3-2-7(4-8)15-9-16-10(19-12)18-11(17-9)20-6-13-5-14-20/h5-8H,2-4,12H2,1H3,(H2,15,16,17,18,19). The highest BCUT2D eigenvalue weighted by Crippen LogP contribution is 2.29. The molecule has 2 aromatic rings. The van der Waals surface area contributed by atoms with E-state index in [9.17, 15) is 0 Å². The second-order valence-electron chi connectivity index (χ2n) is 4.78. The second kappa shape index (κ2) is 6.22. The van der Waals surface area contributed by atoms with Crippen LogP contribution in [0.4, 0.5) is 11.9 Å². The normalized spacial score (nSPS) is 21.4. The fourth-order valence-corrected chi connectivity index (χ4v) is 3.17. The van der Waals surface area contributed by atoms with Gasteiger partial charge in [0.25, 0.3) is 5.95 Å². The molecule has 0 spiro atoms. The maximum Gasteiger partial charge on any atom is 0.258 e. The van der Waals surface area contributed by atoms with Crippen molar-refractivity contribution >= 4 is 23.7 Å². The van der Waals surface area contributed by atoms with E-state index in [1.54, 1.807) is 0 Å². The van der Waals surface area contributed by atoms with Gasteiger partial charge >= 0.3 is 0 Å². The van der Waals surface area contributed by atoms with Gasteiger partial charge in [-0.15, -0.1) is 0 Å². The molecule has 4 N–H and O–H groups in total. The molecule has 112 valence electrons. The summed E-state index contributed by atoms with van der Waals surface area (Å²) in [5.74, 6) is 6.57. The lowest BCUT2D eigenvalue weighted by Gasteiger charge is -2.13. The van der Waals surface area contributed by atoms with E-state index < -0.39 is 0 Å². The topological polar surface area (TPSA) is 119 Å². The molecule has 1 fully saturated rings. The van der Waals surface area contributed by atoms with Crippen LogP contribution in [-0.2, 0) is 0 Å². The Kier molecular flexibility index (Phi) is 4.15. The van der Waals surface area contributed by atoms with Crippen LogP contribution in [0.25, 0.3) is 5.95 Å². The number of aromatic nitrogens is 6. The van der Waals surface area contributed by atoms with Crippen LogP contribution in [0, 0.1) is 0 Å². The highest BCUT2D eigenvalue weighted by Gasteiger charge is 2.24. The molecule has 10 heteroatoms. The van der Waals surface area contributed by atoms with E-state index in [0.29, 0.717) is 23.2 Å². The molecule has 0 aromatic carbocycles. The van der Waals surface area contributed by atoms with Crippen LogP contribution in [0.15, 0.2) is 12.7 Å². The quantitative estimate of drug-likeness (QED) is 0.533. The minimum Gasteiger partial charge on any atom is -0.351 e. The minimum absolute atomic E-state index is 0.289. The van der Waals surface area contributed by atoms with Gasteiger partial charge in [0.1, 0.15) is 12.7 Å². The summed E-state index contributed by atoms with van der Waals surface area (Å²) < 4.78 is 1.47. The first-order chi connectivity index (χ1) is 10.3. The van der Waals surface area contributed by atoms with Crippen LogP contribution >= 0.6 is 11.8 Å². The largest absolute Gasteiger partial charge is 0.351 e. The van der Waals surface area contributed by atoms with Gasteiger partial charge in [-0.05, 0) is 25.5 Å². The third-order valence-corrected chi connectivity index (χ3v) is 4.52. The van der Waals surface area contributed by atoms with Gasteiger partial charge in [-0.3, -0.25) is 5.43 Å². The minimum atomic E-state index is 0.289. The molecule has 3 rings (SSSR count). The number of nitrogens with zero attached hydrogens (tertiary/aromatic N) is 6. The molecule has 2 aromatic heterocycles. The van der Waals surface area contributed by atoms with Gasteiger partial charge in [0.2, 0.25) is 11.9 Å². The van der Waals surface area contributed by atoms with Crippen molar-refractivity contribution in [3.05, 3.63) is 12.7 Å². The summed E-state index contributed by atoms with van der Waals surface area (Å²) in [5.41, 5.74) is 2.45. The Morgan fingerprint density at radius 2 is 2.14 bits per heavy atom. The predicted octanol–water partition coefficient (Wildman–Crippen LogP) is 0.434. The number of nitrogens with two attached hydrogens (primary N) is 1. The average molecular weight is 307 g/mol. The molecule has 0 bridgehead atoms. The number of rotatable bonds is 5. The summed E-state index contributed by atoms with van der Waals surface area (Å²) in [6, 6.07) is 0.374. The number of nitrogen functional groups attached to an aromatic ring is 1. The second-order valence-corrected chi connectivity index (χ2v) is 5.92.